The zero-order valence-electron chi connectivity index (χ0n) is 14.6. The number of hydrogen-bond acceptors (Lipinski definition) is 3. The lowest BCUT2D eigenvalue weighted by atomic mass is 9.95. The summed E-state index contributed by atoms with van der Waals surface area (Å²) in [7, 11) is 0. The summed E-state index contributed by atoms with van der Waals surface area (Å²) in [5, 5.41) is 3.06. The van der Waals surface area contributed by atoms with Crippen LogP contribution in [-0.4, -0.2) is 49.7 Å². The van der Waals surface area contributed by atoms with Gasteiger partial charge in [-0.2, -0.15) is 0 Å². The summed E-state index contributed by atoms with van der Waals surface area (Å²) in [4.78, 5) is 15.0. The molecule has 1 aliphatic carbocycles. The number of rotatable bonds is 6. The standard InChI is InChI=1S/C19H27FN2O2/c1-14(2)12-22-9-10-24-17(13-22)11-21-18(23)19(7-8-19)15-3-5-16(20)6-4-15/h3-6,14,17H,7-13H2,1-2H3,(H,21,23). The number of hydrogen-bond donors (Lipinski definition) is 1. The highest BCUT2D eigenvalue weighted by atomic mass is 19.1. The van der Waals surface area contributed by atoms with Gasteiger partial charge in [-0.15, -0.1) is 0 Å². The number of nitrogens with zero attached hydrogens (tertiary/aromatic N) is 1. The van der Waals surface area contributed by atoms with Crippen molar-refractivity contribution in [3.63, 3.8) is 0 Å². The monoisotopic (exact) mass is 334 g/mol. The second kappa shape index (κ2) is 7.19. The Kier molecular flexibility index (Phi) is 5.21. The van der Waals surface area contributed by atoms with Crippen LogP contribution < -0.4 is 5.32 Å². The van der Waals surface area contributed by atoms with Crippen molar-refractivity contribution in [3.8, 4) is 0 Å². The quantitative estimate of drug-likeness (QED) is 0.868. The highest BCUT2D eigenvalue weighted by Crippen LogP contribution is 2.48. The molecule has 4 nitrogen and oxygen atoms in total. The zero-order chi connectivity index (χ0) is 17.2. The topological polar surface area (TPSA) is 41.6 Å². The van der Waals surface area contributed by atoms with Crippen LogP contribution in [0.25, 0.3) is 0 Å². The van der Waals surface area contributed by atoms with Crippen molar-refractivity contribution in [2.75, 3.05) is 32.8 Å². The van der Waals surface area contributed by atoms with Gasteiger partial charge in [0.15, 0.2) is 0 Å². The van der Waals surface area contributed by atoms with Gasteiger partial charge >= 0.3 is 0 Å². The summed E-state index contributed by atoms with van der Waals surface area (Å²) in [6, 6.07) is 6.31. The van der Waals surface area contributed by atoms with Gasteiger partial charge in [-0.1, -0.05) is 26.0 Å². The average molecular weight is 334 g/mol. The van der Waals surface area contributed by atoms with Gasteiger partial charge in [-0.3, -0.25) is 9.69 Å². The summed E-state index contributed by atoms with van der Waals surface area (Å²) in [5.74, 6) is 0.404. The van der Waals surface area contributed by atoms with Crippen LogP contribution in [0.1, 0.15) is 32.3 Å². The fourth-order valence-electron chi connectivity index (χ4n) is 3.50. The third-order valence-corrected chi connectivity index (χ3v) is 4.92. The van der Waals surface area contributed by atoms with E-state index in [-0.39, 0.29) is 17.8 Å². The maximum Gasteiger partial charge on any atom is 0.230 e. The van der Waals surface area contributed by atoms with E-state index >= 15 is 0 Å². The predicted octanol–water partition coefficient (Wildman–Crippen LogP) is 2.33. The molecular weight excluding hydrogens is 307 g/mol. The Morgan fingerprint density at radius 3 is 2.71 bits per heavy atom. The van der Waals surface area contributed by atoms with E-state index in [0.29, 0.717) is 12.5 Å². The Balaban J connectivity index is 1.53. The number of halogens is 1. The molecule has 1 aromatic carbocycles. The Labute approximate surface area is 143 Å². The van der Waals surface area contributed by atoms with Gasteiger partial charge in [0.25, 0.3) is 0 Å². The van der Waals surface area contributed by atoms with Gasteiger partial charge in [-0.05, 0) is 36.5 Å². The molecule has 1 N–H and O–H groups in total. The van der Waals surface area contributed by atoms with E-state index in [0.717, 1.165) is 44.6 Å². The fraction of sp³-hybridized carbons (Fsp3) is 0.632. The molecule has 0 spiro atoms. The summed E-state index contributed by atoms with van der Waals surface area (Å²) < 4.78 is 18.9. The second-order valence-corrected chi connectivity index (χ2v) is 7.45. The molecule has 1 heterocycles. The Hall–Kier alpha value is -1.46. The molecule has 2 fully saturated rings. The van der Waals surface area contributed by atoms with E-state index in [9.17, 15) is 9.18 Å². The molecule has 2 aliphatic rings. The summed E-state index contributed by atoms with van der Waals surface area (Å²) in [6.45, 7) is 8.57. The van der Waals surface area contributed by atoms with Crippen LogP contribution in [0, 0.1) is 11.7 Å². The molecule has 1 atom stereocenters. The predicted molar refractivity (Wildman–Crippen MR) is 91.3 cm³/mol. The van der Waals surface area contributed by atoms with Gasteiger partial charge in [0.2, 0.25) is 5.91 Å². The SMILES string of the molecule is CC(C)CN1CCOC(CNC(=O)C2(c3ccc(F)cc3)CC2)C1. The normalized spacial score (nSPS) is 23.2. The lowest BCUT2D eigenvalue weighted by molar-refractivity contribution is -0.124. The maximum absolute atomic E-state index is 13.1. The van der Waals surface area contributed by atoms with Crippen LogP contribution in [0.2, 0.25) is 0 Å². The molecule has 1 amide bonds. The molecule has 0 bridgehead atoms. The summed E-state index contributed by atoms with van der Waals surface area (Å²) in [5.41, 5.74) is 0.451. The molecule has 1 unspecified atom stereocenters. The maximum atomic E-state index is 13.1. The third kappa shape index (κ3) is 3.95. The molecule has 0 radical (unpaired) electrons. The van der Waals surface area contributed by atoms with Crippen molar-refractivity contribution in [3.05, 3.63) is 35.6 Å². The number of morpholine rings is 1. The van der Waals surface area contributed by atoms with Crippen molar-refractivity contribution in [2.45, 2.75) is 38.2 Å². The van der Waals surface area contributed by atoms with Gasteiger partial charge in [0.05, 0.1) is 18.1 Å². The molecule has 1 saturated heterocycles. The highest BCUT2D eigenvalue weighted by molar-refractivity contribution is 5.91. The van der Waals surface area contributed by atoms with Crippen molar-refractivity contribution in [2.24, 2.45) is 5.92 Å². The van der Waals surface area contributed by atoms with E-state index < -0.39 is 5.41 Å². The summed E-state index contributed by atoms with van der Waals surface area (Å²) >= 11 is 0. The average Bonchev–Trinajstić information content (AvgIpc) is 3.35. The van der Waals surface area contributed by atoms with Gasteiger partial charge in [-0.25, -0.2) is 4.39 Å². The molecule has 0 aromatic heterocycles. The van der Waals surface area contributed by atoms with Crippen LogP contribution in [-0.2, 0) is 14.9 Å². The number of benzene rings is 1. The molecule has 3 rings (SSSR count). The van der Waals surface area contributed by atoms with E-state index in [1.54, 1.807) is 12.1 Å². The first-order valence-electron chi connectivity index (χ1n) is 8.88. The third-order valence-electron chi connectivity index (χ3n) is 4.92. The Morgan fingerprint density at radius 1 is 1.38 bits per heavy atom. The van der Waals surface area contributed by atoms with Gasteiger partial charge in [0.1, 0.15) is 5.82 Å². The first-order valence-corrected chi connectivity index (χ1v) is 8.88. The molecule has 24 heavy (non-hydrogen) atoms. The van der Waals surface area contributed by atoms with Gasteiger partial charge < -0.3 is 10.1 Å². The second-order valence-electron chi connectivity index (χ2n) is 7.45. The first-order chi connectivity index (χ1) is 11.5. The van der Waals surface area contributed by atoms with Crippen molar-refractivity contribution in [1.82, 2.24) is 10.2 Å². The molecule has 1 saturated carbocycles. The number of nitrogens with one attached hydrogen (secondary N) is 1. The van der Waals surface area contributed by atoms with E-state index in [1.807, 2.05) is 0 Å². The minimum Gasteiger partial charge on any atom is -0.374 e. The minimum atomic E-state index is -0.458. The highest BCUT2D eigenvalue weighted by Gasteiger charge is 2.51. The molecule has 1 aromatic rings. The molecule has 5 heteroatoms. The molecule has 132 valence electrons. The number of carbonyl (C=O) groups is 1. The van der Waals surface area contributed by atoms with Crippen LogP contribution in [0.3, 0.4) is 0 Å². The number of carbonyl (C=O) groups excluding carboxylic acids is 1. The lowest BCUT2D eigenvalue weighted by Gasteiger charge is -2.34. The van der Waals surface area contributed by atoms with Gasteiger partial charge in [0, 0.05) is 26.2 Å². The smallest absolute Gasteiger partial charge is 0.230 e. The minimum absolute atomic E-state index is 0.0405. The van der Waals surface area contributed by atoms with Crippen molar-refractivity contribution < 1.29 is 13.9 Å². The van der Waals surface area contributed by atoms with Crippen LogP contribution in [0.15, 0.2) is 24.3 Å². The van der Waals surface area contributed by atoms with E-state index in [1.165, 1.54) is 12.1 Å². The zero-order valence-corrected chi connectivity index (χ0v) is 14.6. The lowest BCUT2D eigenvalue weighted by Crippen LogP contribution is -2.49. The van der Waals surface area contributed by atoms with Crippen molar-refractivity contribution in [1.29, 1.82) is 0 Å². The first kappa shape index (κ1) is 17.4. The van der Waals surface area contributed by atoms with E-state index in [4.69, 9.17) is 4.74 Å². The van der Waals surface area contributed by atoms with Crippen LogP contribution >= 0.6 is 0 Å². The summed E-state index contributed by atoms with van der Waals surface area (Å²) in [6.07, 6.45) is 1.70. The molecular formula is C19H27FN2O2. The van der Waals surface area contributed by atoms with E-state index in [2.05, 4.69) is 24.1 Å². The largest absolute Gasteiger partial charge is 0.374 e. The van der Waals surface area contributed by atoms with Crippen LogP contribution in [0.4, 0.5) is 4.39 Å². The van der Waals surface area contributed by atoms with Crippen LogP contribution in [0.5, 0.6) is 0 Å². The fourth-order valence-corrected chi connectivity index (χ4v) is 3.50. The Bertz CT molecular complexity index is 569. The number of amides is 1. The number of ether oxygens (including phenoxy) is 1. The Morgan fingerprint density at radius 2 is 2.08 bits per heavy atom. The van der Waals surface area contributed by atoms with Crippen molar-refractivity contribution >= 4 is 5.91 Å². The molecule has 1 aliphatic heterocycles.